The van der Waals surface area contributed by atoms with Crippen LogP contribution < -0.4 is 0 Å². The zero-order chi connectivity index (χ0) is 21.0. The van der Waals surface area contributed by atoms with Gasteiger partial charge in [0, 0.05) is 23.5 Å². The van der Waals surface area contributed by atoms with Gasteiger partial charge in [0.2, 0.25) is 5.78 Å². The van der Waals surface area contributed by atoms with Gasteiger partial charge in [0.1, 0.15) is 0 Å². The minimum Gasteiger partial charge on any atom is -0.454 e. The SMILES string of the molecule is Cc1cccc(C(=O)OCC(=O)c2cc(C)n(CCC3=CCCCC3)c2C)c1C. The molecule has 4 nitrogen and oxygen atoms in total. The van der Waals surface area contributed by atoms with Gasteiger partial charge in [0.25, 0.3) is 0 Å². The van der Waals surface area contributed by atoms with Crippen molar-refractivity contribution < 1.29 is 14.3 Å². The molecule has 2 aromatic rings. The van der Waals surface area contributed by atoms with Gasteiger partial charge >= 0.3 is 5.97 Å². The molecule has 0 aliphatic heterocycles. The van der Waals surface area contributed by atoms with E-state index in [0.717, 1.165) is 35.5 Å². The minimum atomic E-state index is -0.447. The van der Waals surface area contributed by atoms with E-state index >= 15 is 0 Å². The first-order chi connectivity index (χ1) is 13.9. The lowest BCUT2D eigenvalue weighted by Crippen LogP contribution is -2.16. The largest absolute Gasteiger partial charge is 0.454 e. The Hall–Kier alpha value is -2.62. The van der Waals surface area contributed by atoms with Crippen LogP contribution in [0.2, 0.25) is 0 Å². The first kappa shape index (κ1) is 21.1. The Morgan fingerprint density at radius 3 is 2.59 bits per heavy atom. The standard InChI is InChI=1S/C25H31NO3/c1-17-9-8-12-22(19(17)3)25(28)29-16-24(27)23-15-18(2)26(20(23)4)14-13-21-10-6-5-7-11-21/h8-10,12,15H,5-7,11,13-14,16H2,1-4H3. The molecule has 4 heteroatoms. The Bertz CT molecular complexity index is 949. The molecular formula is C25H31NO3. The second-order valence-corrected chi connectivity index (χ2v) is 8.04. The highest BCUT2D eigenvalue weighted by Crippen LogP contribution is 2.23. The highest BCUT2D eigenvalue weighted by atomic mass is 16.5. The first-order valence-electron chi connectivity index (χ1n) is 10.5. The molecule has 3 rings (SSSR count). The fourth-order valence-corrected chi connectivity index (χ4v) is 4.07. The van der Waals surface area contributed by atoms with Crippen molar-refractivity contribution in [1.82, 2.24) is 4.57 Å². The van der Waals surface area contributed by atoms with E-state index < -0.39 is 5.97 Å². The van der Waals surface area contributed by atoms with Crippen LogP contribution in [0.4, 0.5) is 0 Å². The van der Waals surface area contributed by atoms with Gasteiger partial charge in [-0.15, -0.1) is 0 Å². The third kappa shape index (κ3) is 4.87. The van der Waals surface area contributed by atoms with Gasteiger partial charge in [0.05, 0.1) is 5.56 Å². The molecule has 0 saturated carbocycles. The van der Waals surface area contributed by atoms with E-state index in [2.05, 4.69) is 10.6 Å². The van der Waals surface area contributed by atoms with Gasteiger partial charge in [0.15, 0.2) is 6.61 Å². The van der Waals surface area contributed by atoms with Crippen molar-refractivity contribution in [1.29, 1.82) is 0 Å². The zero-order valence-corrected chi connectivity index (χ0v) is 18.0. The Labute approximate surface area is 173 Å². The summed E-state index contributed by atoms with van der Waals surface area (Å²) in [5, 5.41) is 0. The van der Waals surface area contributed by atoms with Crippen molar-refractivity contribution in [3.05, 3.63) is 69.6 Å². The second kappa shape index (κ2) is 9.25. The predicted octanol–water partition coefficient (Wildman–Crippen LogP) is 5.65. The molecule has 0 spiro atoms. The second-order valence-electron chi connectivity index (χ2n) is 8.04. The van der Waals surface area contributed by atoms with Crippen molar-refractivity contribution in [3.63, 3.8) is 0 Å². The monoisotopic (exact) mass is 393 g/mol. The number of ketones is 1. The van der Waals surface area contributed by atoms with Gasteiger partial charge in [-0.1, -0.05) is 23.8 Å². The number of allylic oxidation sites excluding steroid dienone is 2. The predicted molar refractivity (Wildman–Crippen MR) is 116 cm³/mol. The summed E-state index contributed by atoms with van der Waals surface area (Å²) in [4.78, 5) is 25.1. The molecule has 0 saturated heterocycles. The summed E-state index contributed by atoms with van der Waals surface area (Å²) < 4.78 is 7.54. The number of aryl methyl sites for hydroxylation is 2. The molecule has 29 heavy (non-hydrogen) atoms. The average Bonchev–Trinajstić information content (AvgIpc) is 3.01. The number of aromatic nitrogens is 1. The van der Waals surface area contributed by atoms with E-state index in [9.17, 15) is 9.59 Å². The van der Waals surface area contributed by atoms with Crippen LogP contribution in [-0.2, 0) is 11.3 Å². The number of carbonyl (C=O) groups excluding carboxylic acids is 2. The normalized spacial score (nSPS) is 13.9. The Balaban J connectivity index is 1.64. The van der Waals surface area contributed by atoms with Crippen molar-refractivity contribution in [2.45, 2.75) is 66.3 Å². The lowest BCUT2D eigenvalue weighted by Gasteiger charge is -2.15. The molecule has 0 bridgehead atoms. The van der Waals surface area contributed by atoms with Crippen molar-refractivity contribution in [3.8, 4) is 0 Å². The van der Waals surface area contributed by atoms with Gasteiger partial charge in [-0.25, -0.2) is 4.79 Å². The quantitative estimate of drug-likeness (QED) is 0.347. The molecule has 1 aliphatic carbocycles. The van der Waals surface area contributed by atoms with Crippen LogP contribution in [0.1, 0.15) is 75.3 Å². The molecular weight excluding hydrogens is 362 g/mol. The zero-order valence-electron chi connectivity index (χ0n) is 18.0. The van der Waals surface area contributed by atoms with Gasteiger partial charge in [-0.2, -0.15) is 0 Å². The number of benzene rings is 1. The van der Waals surface area contributed by atoms with Crippen LogP contribution in [0.25, 0.3) is 0 Å². The molecule has 1 aromatic heterocycles. The molecule has 0 unspecified atom stereocenters. The number of rotatable bonds is 7. The van der Waals surface area contributed by atoms with E-state index in [1.54, 1.807) is 6.07 Å². The fourth-order valence-electron chi connectivity index (χ4n) is 4.07. The summed E-state index contributed by atoms with van der Waals surface area (Å²) in [7, 11) is 0. The maximum atomic E-state index is 12.7. The topological polar surface area (TPSA) is 48.3 Å². The first-order valence-corrected chi connectivity index (χ1v) is 10.5. The average molecular weight is 394 g/mol. The van der Waals surface area contributed by atoms with Crippen LogP contribution in [0, 0.1) is 27.7 Å². The lowest BCUT2D eigenvalue weighted by atomic mass is 9.97. The Morgan fingerprint density at radius 2 is 1.86 bits per heavy atom. The number of ether oxygens (including phenoxy) is 1. The fraction of sp³-hybridized carbons (Fsp3) is 0.440. The van der Waals surface area contributed by atoms with Crippen molar-refractivity contribution in [2.75, 3.05) is 6.61 Å². The molecule has 0 amide bonds. The maximum Gasteiger partial charge on any atom is 0.338 e. The number of hydrogen-bond acceptors (Lipinski definition) is 3. The summed E-state index contributed by atoms with van der Waals surface area (Å²) in [5.74, 6) is -0.600. The molecule has 0 atom stereocenters. The maximum absolute atomic E-state index is 12.7. The van der Waals surface area contributed by atoms with Crippen molar-refractivity contribution in [2.24, 2.45) is 0 Å². The van der Waals surface area contributed by atoms with Crippen LogP contribution in [0.15, 0.2) is 35.9 Å². The van der Waals surface area contributed by atoms with Crippen LogP contribution in [0.5, 0.6) is 0 Å². The van der Waals surface area contributed by atoms with Crippen LogP contribution >= 0.6 is 0 Å². The van der Waals surface area contributed by atoms with E-state index in [-0.39, 0.29) is 12.4 Å². The molecule has 1 heterocycles. The summed E-state index contributed by atoms with van der Waals surface area (Å²) >= 11 is 0. The molecule has 1 aliphatic rings. The Morgan fingerprint density at radius 1 is 1.07 bits per heavy atom. The van der Waals surface area contributed by atoms with Gasteiger partial charge < -0.3 is 9.30 Å². The highest BCUT2D eigenvalue weighted by molar-refractivity contribution is 6.00. The number of esters is 1. The van der Waals surface area contributed by atoms with Gasteiger partial charge in [-0.3, -0.25) is 4.79 Å². The number of nitrogens with zero attached hydrogens (tertiary/aromatic N) is 1. The number of Topliss-reactive ketones (excluding diaryl/α,β-unsaturated/α-hetero) is 1. The smallest absolute Gasteiger partial charge is 0.338 e. The molecule has 0 fully saturated rings. The van der Waals surface area contributed by atoms with Gasteiger partial charge in [-0.05, 0) is 83.1 Å². The third-order valence-electron chi connectivity index (χ3n) is 6.07. The number of hydrogen-bond donors (Lipinski definition) is 0. The highest BCUT2D eigenvalue weighted by Gasteiger charge is 2.19. The summed E-state index contributed by atoms with van der Waals surface area (Å²) in [5.41, 5.74) is 6.63. The van der Waals surface area contributed by atoms with Crippen molar-refractivity contribution >= 4 is 11.8 Å². The lowest BCUT2D eigenvalue weighted by molar-refractivity contribution is 0.0473. The van der Waals surface area contributed by atoms with E-state index in [1.807, 2.05) is 45.9 Å². The summed E-state index contributed by atoms with van der Waals surface area (Å²) in [6, 6.07) is 7.44. The molecule has 154 valence electrons. The Kier molecular flexibility index (Phi) is 6.73. The molecule has 1 aromatic carbocycles. The minimum absolute atomic E-state index is 0.153. The molecule has 0 radical (unpaired) electrons. The summed E-state index contributed by atoms with van der Waals surface area (Å²) in [6.45, 7) is 8.50. The van der Waals surface area contributed by atoms with Crippen LogP contribution in [-0.4, -0.2) is 22.9 Å². The van der Waals surface area contributed by atoms with E-state index in [4.69, 9.17) is 4.74 Å². The van der Waals surface area contributed by atoms with E-state index in [1.165, 1.54) is 31.3 Å². The van der Waals surface area contributed by atoms with E-state index in [0.29, 0.717) is 11.1 Å². The summed E-state index contributed by atoms with van der Waals surface area (Å²) in [6.07, 6.45) is 8.37. The van der Waals surface area contributed by atoms with Crippen LogP contribution in [0.3, 0.4) is 0 Å². The number of carbonyl (C=O) groups is 2. The molecule has 0 N–H and O–H groups in total. The third-order valence-corrected chi connectivity index (χ3v) is 6.07.